The monoisotopic (exact) mass is 501 g/mol. The Kier molecular flexibility index (Phi) is 4.91. The van der Waals surface area contributed by atoms with Gasteiger partial charge < -0.3 is 4.90 Å². The maximum Gasteiger partial charge on any atom is 0.137 e. The number of hydrogen-bond acceptors (Lipinski definition) is 2. The van der Waals surface area contributed by atoms with Crippen molar-refractivity contribution in [3.63, 3.8) is 0 Å². The fourth-order valence-corrected chi connectivity index (χ4v) is 6.02. The summed E-state index contributed by atoms with van der Waals surface area (Å²) in [6, 6.07) is 13.5. The third-order valence-electron chi connectivity index (χ3n) is 6.85. The highest BCUT2D eigenvalue weighted by atomic mass is 79.9. The van der Waals surface area contributed by atoms with Crippen LogP contribution in [-0.2, 0) is 10.2 Å². The summed E-state index contributed by atoms with van der Waals surface area (Å²) >= 11 is 7.44. The molecule has 0 radical (unpaired) electrons. The lowest BCUT2D eigenvalue weighted by atomic mass is 9.63. The molecule has 2 aromatic carbocycles. The quantitative estimate of drug-likeness (QED) is 0.437. The first-order chi connectivity index (χ1) is 13.6. The van der Waals surface area contributed by atoms with E-state index in [1.165, 1.54) is 54.6 Å². The van der Waals surface area contributed by atoms with E-state index in [1.54, 1.807) is 0 Å². The fourth-order valence-electron chi connectivity index (χ4n) is 5.30. The Morgan fingerprint density at radius 3 is 2.04 bits per heavy atom. The molecule has 28 heavy (non-hydrogen) atoms. The summed E-state index contributed by atoms with van der Waals surface area (Å²) in [5, 5.41) is 0. The lowest BCUT2D eigenvalue weighted by Crippen LogP contribution is -2.39. The van der Waals surface area contributed by atoms with Crippen molar-refractivity contribution in [3.05, 3.63) is 56.5 Å². The van der Waals surface area contributed by atoms with Crippen molar-refractivity contribution < 1.29 is 4.79 Å². The van der Waals surface area contributed by atoms with Crippen molar-refractivity contribution >= 4 is 49.0 Å². The molecule has 5 rings (SSSR count). The number of carbonyl (C=O) groups excluding carboxylic acids is 1. The first kappa shape index (κ1) is 18.9. The molecule has 0 bridgehead atoms. The Bertz CT molecular complexity index is 873. The molecule has 0 aromatic heterocycles. The van der Waals surface area contributed by atoms with Crippen LogP contribution in [-0.4, -0.2) is 12.3 Å². The molecule has 2 saturated carbocycles. The largest absolute Gasteiger partial charge is 0.341 e. The zero-order chi connectivity index (χ0) is 19.3. The molecule has 3 aliphatic rings. The molecule has 2 aliphatic carbocycles. The van der Waals surface area contributed by atoms with Gasteiger partial charge in [-0.1, -0.05) is 51.1 Å². The summed E-state index contributed by atoms with van der Waals surface area (Å²) in [5.41, 5.74) is 5.55. The number of ketones is 1. The average molecular weight is 503 g/mol. The second-order valence-corrected chi connectivity index (χ2v) is 10.4. The van der Waals surface area contributed by atoms with Crippen molar-refractivity contribution in [2.24, 2.45) is 5.92 Å². The molecule has 146 valence electrons. The third kappa shape index (κ3) is 3.17. The molecular weight excluding hydrogens is 478 g/mol. The highest BCUT2D eigenvalue weighted by Crippen LogP contribution is 2.56. The second kappa shape index (κ2) is 7.28. The zero-order valence-corrected chi connectivity index (χ0v) is 19.2. The first-order valence-electron chi connectivity index (χ1n) is 10.5. The molecule has 2 aromatic rings. The van der Waals surface area contributed by atoms with Gasteiger partial charge >= 0.3 is 0 Å². The topological polar surface area (TPSA) is 20.3 Å². The van der Waals surface area contributed by atoms with Gasteiger partial charge in [0, 0.05) is 44.6 Å². The van der Waals surface area contributed by atoms with E-state index in [1.807, 2.05) is 0 Å². The molecule has 2 fully saturated rings. The lowest BCUT2D eigenvalue weighted by Gasteiger charge is -2.48. The zero-order valence-electron chi connectivity index (χ0n) is 16.0. The van der Waals surface area contributed by atoms with Crippen molar-refractivity contribution in [2.45, 2.75) is 56.8 Å². The molecule has 1 spiro atoms. The standard InChI is InChI=1S/C24H25Br2NO/c25-17-6-8-21-19(14-17)24(11-2-1-3-12-24)20-15-18(26)7-9-22(20)27(21)13-10-23(28)16-4-5-16/h6-9,14-16H,1-5,10-13H2. The Hall–Kier alpha value is -1.13. The molecule has 4 heteroatoms. The average Bonchev–Trinajstić information content (AvgIpc) is 3.55. The molecule has 0 atom stereocenters. The van der Waals surface area contributed by atoms with Crippen molar-refractivity contribution in [2.75, 3.05) is 11.4 Å². The van der Waals surface area contributed by atoms with Crippen LogP contribution in [0.25, 0.3) is 0 Å². The highest BCUT2D eigenvalue weighted by molar-refractivity contribution is 9.10. The molecule has 1 heterocycles. The number of benzene rings is 2. The molecule has 2 nitrogen and oxygen atoms in total. The number of rotatable bonds is 4. The highest BCUT2D eigenvalue weighted by Gasteiger charge is 2.44. The number of fused-ring (bicyclic) bond motifs is 4. The molecule has 0 amide bonds. The van der Waals surface area contributed by atoms with E-state index in [0.717, 1.165) is 28.3 Å². The van der Waals surface area contributed by atoms with Crippen LogP contribution in [0.3, 0.4) is 0 Å². The van der Waals surface area contributed by atoms with Crippen LogP contribution in [0.1, 0.15) is 62.5 Å². The van der Waals surface area contributed by atoms with Crippen LogP contribution < -0.4 is 4.90 Å². The van der Waals surface area contributed by atoms with Gasteiger partial charge in [0.1, 0.15) is 5.78 Å². The van der Waals surface area contributed by atoms with E-state index >= 15 is 0 Å². The molecule has 1 aliphatic heterocycles. The third-order valence-corrected chi connectivity index (χ3v) is 7.84. The summed E-state index contributed by atoms with van der Waals surface area (Å²) < 4.78 is 2.28. The van der Waals surface area contributed by atoms with E-state index in [4.69, 9.17) is 0 Å². The summed E-state index contributed by atoms with van der Waals surface area (Å²) in [7, 11) is 0. The molecule has 0 N–H and O–H groups in total. The summed E-state index contributed by atoms with van der Waals surface area (Å²) in [5.74, 6) is 0.776. The molecule has 0 unspecified atom stereocenters. The molecular formula is C24H25Br2NO. The Labute approximate surface area is 184 Å². The Balaban J connectivity index is 1.63. The van der Waals surface area contributed by atoms with E-state index in [0.29, 0.717) is 18.1 Å². The van der Waals surface area contributed by atoms with Crippen LogP contribution in [0.4, 0.5) is 11.4 Å². The van der Waals surface area contributed by atoms with Gasteiger partial charge in [0.05, 0.1) is 0 Å². The summed E-state index contributed by atoms with van der Waals surface area (Å²) in [6.07, 6.45) is 9.11. The Morgan fingerprint density at radius 1 is 0.929 bits per heavy atom. The van der Waals surface area contributed by atoms with Crippen LogP contribution in [0.5, 0.6) is 0 Å². The number of anilines is 2. The maximum absolute atomic E-state index is 12.4. The van der Waals surface area contributed by atoms with Crippen molar-refractivity contribution in [3.8, 4) is 0 Å². The van der Waals surface area contributed by atoms with E-state index in [2.05, 4.69) is 73.2 Å². The van der Waals surface area contributed by atoms with Gasteiger partial charge in [-0.3, -0.25) is 4.79 Å². The number of Topliss-reactive ketones (excluding diaryl/α,β-unsaturated/α-hetero) is 1. The van der Waals surface area contributed by atoms with E-state index in [9.17, 15) is 4.79 Å². The fraction of sp³-hybridized carbons (Fsp3) is 0.458. The number of nitrogens with zero attached hydrogens (tertiary/aromatic N) is 1. The minimum Gasteiger partial charge on any atom is -0.341 e. The van der Waals surface area contributed by atoms with Crippen molar-refractivity contribution in [1.82, 2.24) is 0 Å². The predicted octanol–water partition coefficient (Wildman–Crippen LogP) is 7.28. The second-order valence-electron chi connectivity index (χ2n) is 8.61. The first-order valence-corrected chi connectivity index (χ1v) is 12.1. The van der Waals surface area contributed by atoms with Gasteiger partial charge in [0.25, 0.3) is 0 Å². The van der Waals surface area contributed by atoms with Gasteiger partial charge in [-0.25, -0.2) is 0 Å². The van der Waals surface area contributed by atoms with Gasteiger partial charge in [-0.15, -0.1) is 0 Å². The van der Waals surface area contributed by atoms with Gasteiger partial charge in [-0.2, -0.15) is 0 Å². The SMILES string of the molecule is O=C(CCN1c2ccc(Br)cc2C2(CCCCC2)c2cc(Br)ccc21)C1CC1. The van der Waals surface area contributed by atoms with Gasteiger partial charge in [0.2, 0.25) is 0 Å². The minimum atomic E-state index is 0.0908. The minimum absolute atomic E-state index is 0.0908. The van der Waals surface area contributed by atoms with Crippen LogP contribution in [0, 0.1) is 5.92 Å². The number of halogens is 2. The van der Waals surface area contributed by atoms with E-state index < -0.39 is 0 Å². The van der Waals surface area contributed by atoms with Gasteiger partial charge in [-0.05, 0) is 73.2 Å². The van der Waals surface area contributed by atoms with Gasteiger partial charge in [0.15, 0.2) is 0 Å². The van der Waals surface area contributed by atoms with E-state index in [-0.39, 0.29) is 5.41 Å². The van der Waals surface area contributed by atoms with Crippen molar-refractivity contribution in [1.29, 1.82) is 0 Å². The van der Waals surface area contributed by atoms with Crippen LogP contribution in [0.2, 0.25) is 0 Å². The lowest BCUT2D eigenvalue weighted by molar-refractivity contribution is -0.120. The predicted molar refractivity (Wildman–Crippen MR) is 122 cm³/mol. The number of carbonyl (C=O) groups is 1. The summed E-state index contributed by atoms with van der Waals surface area (Å²) in [6.45, 7) is 0.772. The summed E-state index contributed by atoms with van der Waals surface area (Å²) in [4.78, 5) is 14.8. The maximum atomic E-state index is 12.4. The molecule has 0 saturated heterocycles. The Morgan fingerprint density at radius 2 is 1.50 bits per heavy atom. The normalized spacial score (nSPS) is 20.0. The smallest absolute Gasteiger partial charge is 0.137 e. The van der Waals surface area contributed by atoms with Crippen LogP contribution >= 0.6 is 31.9 Å². The van der Waals surface area contributed by atoms with Crippen LogP contribution in [0.15, 0.2) is 45.3 Å². The number of hydrogen-bond donors (Lipinski definition) is 0.